The van der Waals surface area contributed by atoms with Gasteiger partial charge in [-0.05, 0) is 11.6 Å². The van der Waals surface area contributed by atoms with Gasteiger partial charge >= 0.3 is 0 Å². The molecule has 3 rings (SSSR count). The van der Waals surface area contributed by atoms with Gasteiger partial charge in [0.15, 0.2) is 0 Å². The lowest BCUT2D eigenvalue weighted by Crippen LogP contribution is -2.28. The van der Waals surface area contributed by atoms with Crippen molar-refractivity contribution in [2.75, 3.05) is 7.05 Å². The Kier molecular flexibility index (Phi) is 5.17. The molecule has 25 heavy (non-hydrogen) atoms. The molecule has 0 spiro atoms. The van der Waals surface area contributed by atoms with Crippen LogP contribution in [0.25, 0.3) is 11.4 Å². The highest BCUT2D eigenvalue weighted by Crippen LogP contribution is 2.20. The molecule has 0 atom stereocenters. The number of benzene rings is 2. The minimum absolute atomic E-state index is 0.00732. The number of rotatable bonds is 6. The van der Waals surface area contributed by atoms with E-state index in [1.807, 2.05) is 30.3 Å². The zero-order valence-corrected chi connectivity index (χ0v) is 15.0. The lowest BCUT2D eigenvalue weighted by atomic mass is 10.2. The molecule has 8 heteroatoms. The number of aromatic nitrogens is 2. The summed E-state index contributed by atoms with van der Waals surface area (Å²) < 4.78 is 31.4. The van der Waals surface area contributed by atoms with Gasteiger partial charge in [0, 0.05) is 17.6 Å². The average Bonchev–Trinajstić information content (AvgIpc) is 3.06. The molecule has 0 amide bonds. The molecule has 3 aromatic rings. The van der Waals surface area contributed by atoms with Crippen molar-refractivity contribution < 1.29 is 12.9 Å². The Morgan fingerprint density at radius 3 is 2.48 bits per heavy atom. The third kappa shape index (κ3) is 4.25. The minimum atomic E-state index is -3.57. The largest absolute Gasteiger partial charge is 0.338 e. The Labute approximate surface area is 151 Å². The molecule has 0 bridgehead atoms. The van der Waals surface area contributed by atoms with Crippen LogP contribution in [0.4, 0.5) is 0 Å². The number of nitrogens with zero attached hydrogens (tertiary/aromatic N) is 3. The average molecular weight is 378 g/mol. The second-order valence-corrected chi connectivity index (χ2v) is 7.96. The summed E-state index contributed by atoms with van der Waals surface area (Å²) in [4.78, 5) is 4.25. The summed E-state index contributed by atoms with van der Waals surface area (Å²) >= 11 is 6.04. The predicted octanol–water partition coefficient (Wildman–Crippen LogP) is 3.35. The van der Waals surface area contributed by atoms with Crippen LogP contribution in [0, 0.1) is 0 Å². The lowest BCUT2D eigenvalue weighted by molar-refractivity contribution is 0.336. The van der Waals surface area contributed by atoms with E-state index in [4.69, 9.17) is 16.1 Å². The van der Waals surface area contributed by atoms with E-state index in [0.717, 1.165) is 5.56 Å². The first kappa shape index (κ1) is 17.6. The summed E-state index contributed by atoms with van der Waals surface area (Å²) in [5, 5.41) is 4.31. The van der Waals surface area contributed by atoms with E-state index in [-0.39, 0.29) is 18.2 Å². The lowest BCUT2D eigenvalue weighted by Gasteiger charge is -2.15. The summed E-state index contributed by atoms with van der Waals surface area (Å²) in [5.74, 6) is 0.458. The molecule has 1 aromatic heterocycles. The summed E-state index contributed by atoms with van der Waals surface area (Å²) in [5.41, 5.74) is 1.35. The van der Waals surface area contributed by atoms with Gasteiger partial charge in [-0.15, -0.1) is 0 Å². The Morgan fingerprint density at radius 2 is 1.76 bits per heavy atom. The molecule has 0 aliphatic rings. The van der Waals surface area contributed by atoms with Gasteiger partial charge in [-0.25, -0.2) is 8.42 Å². The van der Waals surface area contributed by atoms with E-state index in [1.165, 1.54) is 11.4 Å². The van der Waals surface area contributed by atoms with E-state index in [0.29, 0.717) is 16.4 Å². The van der Waals surface area contributed by atoms with Crippen LogP contribution >= 0.6 is 11.6 Å². The van der Waals surface area contributed by atoms with Gasteiger partial charge in [0.05, 0.1) is 12.3 Å². The van der Waals surface area contributed by atoms with E-state index in [9.17, 15) is 8.42 Å². The Morgan fingerprint density at radius 1 is 1.08 bits per heavy atom. The molecule has 0 unspecified atom stereocenters. The molecular weight excluding hydrogens is 362 g/mol. The second kappa shape index (κ2) is 7.35. The van der Waals surface area contributed by atoms with Gasteiger partial charge in [-0.1, -0.05) is 65.3 Å². The first-order chi connectivity index (χ1) is 12.0. The van der Waals surface area contributed by atoms with Crippen LogP contribution in [0.3, 0.4) is 0 Å². The number of hydrogen-bond acceptors (Lipinski definition) is 5. The molecule has 0 fully saturated rings. The third-order valence-electron chi connectivity index (χ3n) is 3.63. The number of sulfonamides is 1. The Bertz CT molecular complexity index is 958. The van der Waals surface area contributed by atoms with Crippen molar-refractivity contribution in [1.29, 1.82) is 0 Å². The maximum atomic E-state index is 12.5. The standard InChI is InChI=1S/C17H16ClN3O3S/c1-21(25(22,23)12-14-9-5-6-10-15(14)18)11-16-19-17(20-24-16)13-7-3-2-4-8-13/h2-10H,11-12H2,1H3. The topological polar surface area (TPSA) is 76.3 Å². The summed E-state index contributed by atoms with van der Waals surface area (Å²) in [6.07, 6.45) is 0. The smallest absolute Gasteiger partial charge is 0.242 e. The van der Waals surface area contributed by atoms with Crippen molar-refractivity contribution in [3.8, 4) is 11.4 Å². The molecule has 0 radical (unpaired) electrons. The quantitative estimate of drug-likeness (QED) is 0.658. The molecule has 0 N–H and O–H groups in total. The normalized spacial score (nSPS) is 11.8. The zero-order chi connectivity index (χ0) is 17.9. The van der Waals surface area contributed by atoms with Crippen molar-refractivity contribution in [3.63, 3.8) is 0 Å². The van der Waals surface area contributed by atoms with Crippen molar-refractivity contribution in [2.45, 2.75) is 12.3 Å². The van der Waals surface area contributed by atoms with Gasteiger partial charge in [0.1, 0.15) is 0 Å². The van der Waals surface area contributed by atoms with Gasteiger partial charge < -0.3 is 4.52 Å². The number of hydrogen-bond donors (Lipinski definition) is 0. The van der Waals surface area contributed by atoms with Gasteiger partial charge in [-0.2, -0.15) is 9.29 Å². The van der Waals surface area contributed by atoms with Crippen molar-refractivity contribution >= 4 is 21.6 Å². The number of halogens is 1. The maximum Gasteiger partial charge on any atom is 0.242 e. The zero-order valence-electron chi connectivity index (χ0n) is 13.5. The molecule has 6 nitrogen and oxygen atoms in total. The highest BCUT2D eigenvalue weighted by molar-refractivity contribution is 7.88. The van der Waals surface area contributed by atoms with Gasteiger partial charge in [-0.3, -0.25) is 0 Å². The van der Waals surface area contributed by atoms with Crippen LogP contribution in [-0.2, 0) is 22.3 Å². The maximum absolute atomic E-state index is 12.5. The molecule has 1 heterocycles. The van der Waals surface area contributed by atoms with E-state index < -0.39 is 10.0 Å². The molecule has 0 saturated carbocycles. The summed E-state index contributed by atoms with van der Waals surface area (Å²) in [7, 11) is -2.10. The van der Waals surface area contributed by atoms with E-state index in [1.54, 1.807) is 24.3 Å². The van der Waals surface area contributed by atoms with Gasteiger partial charge in [0.25, 0.3) is 0 Å². The Balaban J connectivity index is 1.72. The molecule has 2 aromatic carbocycles. The van der Waals surface area contributed by atoms with Crippen molar-refractivity contribution in [3.05, 3.63) is 71.1 Å². The van der Waals surface area contributed by atoms with Crippen LogP contribution in [0.2, 0.25) is 5.02 Å². The molecule has 130 valence electrons. The fraction of sp³-hybridized carbons (Fsp3) is 0.176. The van der Waals surface area contributed by atoms with E-state index >= 15 is 0 Å². The summed E-state index contributed by atoms with van der Waals surface area (Å²) in [6.45, 7) is -0.00732. The Hall–Kier alpha value is -2.22. The second-order valence-electron chi connectivity index (χ2n) is 5.48. The third-order valence-corrected chi connectivity index (χ3v) is 5.75. The van der Waals surface area contributed by atoms with Crippen LogP contribution in [0.1, 0.15) is 11.5 Å². The monoisotopic (exact) mass is 377 g/mol. The summed E-state index contributed by atoms with van der Waals surface area (Å²) in [6, 6.07) is 16.2. The molecular formula is C17H16ClN3O3S. The fourth-order valence-electron chi connectivity index (χ4n) is 2.23. The molecule has 0 aliphatic carbocycles. The van der Waals surface area contributed by atoms with E-state index in [2.05, 4.69) is 10.1 Å². The SMILES string of the molecule is CN(Cc1nc(-c2ccccc2)no1)S(=O)(=O)Cc1ccccc1Cl. The van der Waals surface area contributed by atoms with Gasteiger partial charge in [0.2, 0.25) is 21.7 Å². The predicted molar refractivity (Wildman–Crippen MR) is 95.3 cm³/mol. The van der Waals surface area contributed by atoms with Crippen molar-refractivity contribution in [1.82, 2.24) is 14.4 Å². The molecule has 0 aliphatic heterocycles. The molecule has 0 saturated heterocycles. The van der Waals surface area contributed by atoms with Crippen LogP contribution < -0.4 is 0 Å². The highest BCUT2D eigenvalue weighted by atomic mass is 35.5. The van der Waals surface area contributed by atoms with Crippen molar-refractivity contribution in [2.24, 2.45) is 0 Å². The van der Waals surface area contributed by atoms with Crippen LogP contribution in [0.15, 0.2) is 59.1 Å². The first-order valence-corrected chi connectivity index (χ1v) is 9.50. The first-order valence-electron chi connectivity index (χ1n) is 7.51. The fourth-order valence-corrected chi connectivity index (χ4v) is 3.69. The minimum Gasteiger partial charge on any atom is -0.338 e. The van der Waals surface area contributed by atoms with Crippen LogP contribution in [-0.4, -0.2) is 29.9 Å². The van der Waals surface area contributed by atoms with Crippen LogP contribution in [0.5, 0.6) is 0 Å². The highest BCUT2D eigenvalue weighted by Gasteiger charge is 2.22.